The number of esters is 1. The van der Waals surface area contributed by atoms with E-state index in [1.54, 1.807) is 0 Å². The van der Waals surface area contributed by atoms with Gasteiger partial charge in [0.2, 0.25) is 0 Å². The number of hydrogen-bond acceptors (Lipinski definition) is 4. The van der Waals surface area contributed by atoms with E-state index >= 15 is 0 Å². The maximum Gasteiger partial charge on any atom is 0.316 e. The molecule has 0 aliphatic heterocycles. The van der Waals surface area contributed by atoms with Gasteiger partial charge >= 0.3 is 5.97 Å². The van der Waals surface area contributed by atoms with Gasteiger partial charge in [-0.05, 0) is 73.0 Å². The molecule has 1 unspecified atom stereocenters. The van der Waals surface area contributed by atoms with Gasteiger partial charge in [-0.3, -0.25) is 4.79 Å². The van der Waals surface area contributed by atoms with Crippen molar-refractivity contribution in [3.63, 3.8) is 0 Å². The van der Waals surface area contributed by atoms with E-state index in [0.717, 1.165) is 37.9 Å². The number of nitrogens with zero attached hydrogens (tertiary/aromatic N) is 2. The maximum atomic E-state index is 12.9. The van der Waals surface area contributed by atoms with Gasteiger partial charge in [-0.2, -0.15) is 0 Å². The van der Waals surface area contributed by atoms with Crippen LogP contribution in [0, 0.1) is 0 Å². The molecule has 4 nitrogen and oxygen atoms in total. The minimum Gasteiger partial charge on any atom is -0.465 e. The summed E-state index contributed by atoms with van der Waals surface area (Å²) < 4.78 is 5.48. The van der Waals surface area contributed by atoms with Crippen molar-refractivity contribution < 1.29 is 9.53 Å². The molecule has 0 amide bonds. The Bertz CT molecular complexity index is 460. The monoisotopic (exact) mass is 320 g/mol. The van der Waals surface area contributed by atoms with E-state index in [1.807, 2.05) is 39.2 Å². The summed E-state index contributed by atoms with van der Waals surface area (Å²) in [5, 5.41) is 0. The largest absolute Gasteiger partial charge is 0.465 e. The Morgan fingerprint density at radius 3 is 2.13 bits per heavy atom. The lowest BCUT2D eigenvalue weighted by molar-refractivity contribution is -0.151. The predicted molar refractivity (Wildman–Crippen MR) is 95.7 cm³/mol. The standard InChI is InChI=1S/C19H32N2O2/c1-6-23-18(22)19(14-16-21(4)5,13-10-15-20(2)3)17-11-8-7-9-12-17/h7-9,11-12H,6,10,13-16H2,1-5H3. The molecule has 0 N–H and O–H groups in total. The van der Waals surface area contributed by atoms with E-state index in [-0.39, 0.29) is 5.97 Å². The van der Waals surface area contributed by atoms with Crippen molar-refractivity contribution in [3.8, 4) is 0 Å². The summed E-state index contributed by atoms with van der Waals surface area (Å²) in [6.07, 6.45) is 2.55. The average molecular weight is 320 g/mol. The van der Waals surface area contributed by atoms with Crippen LogP contribution in [0.4, 0.5) is 0 Å². The van der Waals surface area contributed by atoms with E-state index in [9.17, 15) is 4.79 Å². The summed E-state index contributed by atoms with van der Waals surface area (Å²) in [6.45, 7) is 4.12. The van der Waals surface area contributed by atoms with Gasteiger partial charge in [-0.15, -0.1) is 0 Å². The Morgan fingerprint density at radius 2 is 1.61 bits per heavy atom. The lowest BCUT2D eigenvalue weighted by Crippen LogP contribution is -2.40. The number of rotatable bonds is 10. The lowest BCUT2D eigenvalue weighted by Gasteiger charge is -2.33. The fraction of sp³-hybridized carbons (Fsp3) is 0.632. The van der Waals surface area contributed by atoms with Crippen LogP contribution >= 0.6 is 0 Å². The first-order valence-corrected chi connectivity index (χ1v) is 8.44. The third-order valence-electron chi connectivity index (χ3n) is 4.19. The Kier molecular flexibility index (Phi) is 8.28. The van der Waals surface area contributed by atoms with E-state index < -0.39 is 5.41 Å². The highest BCUT2D eigenvalue weighted by atomic mass is 16.5. The van der Waals surface area contributed by atoms with Crippen molar-refractivity contribution in [3.05, 3.63) is 35.9 Å². The van der Waals surface area contributed by atoms with Gasteiger partial charge < -0.3 is 14.5 Å². The first-order chi connectivity index (χ1) is 10.9. The van der Waals surface area contributed by atoms with Crippen LogP contribution in [0.5, 0.6) is 0 Å². The predicted octanol–water partition coefficient (Wildman–Crippen LogP) is 2.78. The number of carbonyl (C=O) groups excluding carboxylic acids is 1. The van der Waals surface area contributed by atoms with Crippen molar-refractivity contribution in [1.82, 2.24) is 9.80 Å². The Balaban J connectivity index is 3.12. The lowest BCUT2D eigenvalue weighted by atomic mass is 9.73. The molecule has 0 saturated heterocycles. The molecule has 1 aromatic carbocycles. The summed E-state index contributed by atoms with van der Waals surface area (Å²) >= 11 is 0. The van der Waals surface area contributed by atoms with Crippen LogP contribution in [0.25, 0.3) is 0 Å². The molecule has 4 heteroatoms. The topological polar surface area (TPSA) is 32.8 Å². The van der Waals surface area contributed by atoms with Crippen LogP contribution in [-0.4, -0.2) is 63.7 Å². The number of carbonyl (C=O) groups is 1. The minimum atomic E-state index is -0.558. The molecule has 0 heterocycles. The van der Waals surface area contributed by atoms with Gasteiger partial charge in [-0.1, -0.05) is 30.3 Å². The molecule has 23 heavy (non-hydrogen) atoms. The molecule has 130 valence electrons. The zero-order chi connectivity index (χ0) is 17.3. The molecule has 1 rings (SSSR count). The number of hydrogen-bond donors (Lipinski definition) is 0. The fourth-order valence-corrected chi connectivity index (χ4v) is 2.87. The summed E-state index contributed by atoms with van der Waals surface area (Å²) in [7, 11) is 8.21. The molecule has 0 radical (unpaired) electrons. The SMILES string of the molecule is CCOC(=O)C(CCCN(C)C)(CCN(C)C)c1ccccc1. The highest BCUT2D eigenvalue weighted by Crippen LogP contribution is 2.35. The Labute approximate surface area is 141 Å². The van der Waals surface area contributed by atoms with Gasteiger partial charge in [0, 0.05) is 0 Å². The molecule has 1 aromatic rings. The molecule has 0 saturated carbocycles. The van der Waals surface area contributed by atoms with E-state index in [4.69, 9.17) is 4.74 Å². The second kappa shape index (κ2) is 9.68. The first-order valence-electron chi connectivity index (χ1n) is 8.44. The van der Waals surface area contributed by atoms with E-state index in [0.29, 0.717) is 6.61 Å². The van der Waals surface area contributed by atoms with Crippen molar-refractivity contribution >= 4 is 5.97 Å². The third kappa shape index (κ3) is 5.96. The summed E-state index contributed by atoms with van der Waals surface area (Å²) in [5.74, 6) is -0.0909. The molecule has 0 bridgehead atoms. The highest BCUT2D eigenvalue weighted by molar-refractivity contribution is 5.83. The summed E-state index contributed by atoms with van der Waals surface area (Å²) in [6, 6.07) is 10.1. The summed E-state index contributed by atoms with van der Waals surface area (Å²) in [5.41, 5.74) is 0.511. The highest BCUT2D eigenvalue weighted by Gasteiger charge is 2.40. The van der Waals surface area contributed by atoms with Crippen LogP contribution in [-0.2, 0) is 14.9 Å². The van der Waals surface area contributed by atoms with Gasteiger partial charge in [0.25, 0.3) is 0 Å². The third-order valence-corrected chi connectivity index (χ3v) is 4.19. The number of ether oxygens (including phenoxy) is 1. The van der Waals surface area contributed by atoms with E-state index in [1.165, 1.54) is 0 Å². The van der Waals surface area contributed by atoms with Crippen LogP contribution in [0.15, 0.2) is 30.3 Å². The molecule has 0 aliphatic carbocycles. The fourth-order valence-electron chi connectivity index (χ4n) is 2.87. The van der Waals surface area contributed by atoms with E-state index in [2.05, 4.69) is 36.0 Å². The molecule has 0 aliphatic rings. The molecular weight excluding hydrogens is 288 g/mol. The quantitative estimate of drug-likeness (QED) is 0.621. The van der Waals surface area contributed by atoms with Gasteiger partial charge in [0.05, 0.1) is 12.0 Å². The zero-order valence-electron chi connectivity index (χ0n) is 15.3. The van der Waals surface area contributed by atoms with Gasteiger partial charge in [-0.25, -0.2) is 0 Å². The Morgan fingerprint density at radius 1 is 1.00 bits per heavy atom. The molecule has 1 atom stereocenters. The summed E-state index contributed by atoms with van der Waals surface area (Å²) in [4.78, 5) is 17.2. The van der Waals surface area contributed by atoms with Crippen LogP contribution in [0.2, 0.25) is 0 Å². The minimum absolute atomic E-state index is 0.0909. The first kappa shape index (κ1) is 19.7. The average Bonchev–Trinajstić information content (AvgIpc) is 2.51. The molecule has 0 aromatic heterocycles. The van der Waals surface area contributed by atoms with Crippen molar-refractivity contribution in [2.24, 2.45) is 0 Å². The number of benzene rings is 1. The second-order valence-corrected chi connectivity index (χ2v) is 6.63. The van der Waals surface area contributed by atoms with Crippen LogP contribution < -0.4 is 0 Å². The van der Waals surface area contributed by atoms with Crippen LogP contribution in [0.1, 0.15) is 31.7 Å². The smallest absolute Gasteiger partial charge is 0.316 e. The molecular formula is C19H32N2O2. The zero-order valence-corrected chi connectivity index (χ0v) is 15.3. The van der Waals surface area contributed by atoms with Gasteiger partial charge in [0.15, 0.2) is 0 Å². The van der Waals surface area contributed by atoms with Crippen molar-refractivity contribution in [2.75, 3.05) is 47.9 Å². The maximum absolute atomic E-state index is 12.9. The van der Waals surface area contributed by atoms with Crippen LogP contribution in [0.3, 0.4) is 0 Å². The van der Waals surface area contributed by atoms with Crippen molar-refractivity contribution in [2.45, 2.75) is 31.6 Å². The normalized spacial score (nSPS) is 14.0. The van der Waals surface area contributed by atoms with Crippen molar-refractivity contribution in [1.29, 1.82) is 0 Å². The Hall–Kier alpha value is -1.39. The molecule has 0 spiro atoms. The van der Waals surface area contributed by atoms with Gasteiger partial charge in [0.1, 0.15) is 0 Å². The molecule has 0 fully saturated rings. The second-order valence-electron chi connectivity index (χ2n) is 6.63.